The van der Waals surface area contributed by atoms with Crippen molar-refractivity contribution in [3.05, 3.63) is 27.8 Å². The van der Waals surface area contributed by atoms with Gasteiger partial charge in [0.05, 0.1) is 21.5 Å². The number of halogens is 1. The highest BCUT2D eigenvalue weighted by Gasteiger charge is 2.19. The van der Waals surface area contributed by atoms with Crippen LogP contribution < -0.4 is 5.32 Å². The van der Waals surface area contributed by atoms with Gasteiger partial charge in [0.15, 0.2) is 0 Å². The van der Waals surface area contributed by atoms with Crippen LogP contribution in [0.25, 0.3) is 0 Å². The van der Waals surface area contributed by atoms with E-state index in [0.717, 1.165) is 11.4 Å². The lowest BCUT2D eigenvalue weighted by molar-refractivity contribution is 0.101. The summed E-state index contributed by atoms with van der Waals surface area (Å²) in [5, 5.41) is 11.2. The van der Waals surface area contributed by atoms with Gasteiger partial charge in [-0.15, -0.1) is 0 Å². The summed E-state index contributed by atoms with van der Waals surface area (Å²) in [7, 11) is 3.55. The van der Waals surface area contributed by atoms with Crippen molar-refractivity contribution in [3.63, 3.8) is 0 Å². The SMILES string of the molecule is Cc1nn(C)cc1NC(=O)c1c(Br)c(C)nn1C. The van der Waals surface area contributed by atoms with Gasteiger partial charge >= 0.3 is 0 Å². The molecular formula is C11H14BrN5O. The molecule has 0 unspecified atom stereocenters. The minimum Gasteiger partial charge on any atom is -0.318 e. The van der Waals surface area contributed by atoms with E-state index in [1.165, 1.54) is 0 Å². The summed E-state index contributed by atoms with van der Waals surface area (Å²) < 4.78 is 3.93. The molecule has 0 atom stereocenters. The molecule has 96 valence electrons. The fraction of sp³-hybridized carbons (Fsp3) is 0.364. The van der Waals surface area contributed by atoms with Crippen molar-refractivity contribution in [3.8, 4) is 0 Å². The first-order valence-electron chi connectivity index (χ1n) is 5.41. The molecule has 2 rings (SSSR count). The van der Waals surface area contributed by atoms with E-state index in [1.807, 2.05) is 20.9 Å². The van der Waals surface area contributed by atoms with E-state index in [2.05, 4.69) is 31.4 Å². The van der Waals surface area contributed by atoms with Gasteiger partial charge in [-0.05, 0) is 29.8 Å². The maximum Gasteiger partial charge on any atom is 0.275 e. The second-order valence-corrected chi connectivity index (χ2v) is 4.92. The second-order valence-electron chi connectivity index (χ2n) is 4.13. The number of hydrogen-bond donors (Lipinski definition) is 1. The zero-order chi connectivity index (χ0) is 13.4. The predicted molar refractivity (Wildman–Crippen MR) is 71.5 cm³/mol. The summed E-state index contributed by atoms with van der Waals surface area (Å²) in [4.78, 5) is 12.2. The Balaban J connectivity index is 2.30. The Morgan fingerprint density at radius 2 is 1.94 bits per heavy atom. The molecule has 0 radical (unpaired) electrons. The molecule has 2 heterocycles. The van der Waals surface area contributed by atoms with Crippen LogP contribution in [0.2, 0.25) is 0 Å². The van der Waals surface area contributed by atoms with E-state index >= 15 is 0 Å². The van der Waals surface area contributed by atoms with E-state index < -0.39 is 0 Å². The van der Waals surface area contributed by atoms with Crippen LogP contribution in [0.1, 0.15) is 21.9 Å². The van der Waals surface area contributed by atoms with E-state index in [0.29, 0.717) is 15.9 Å². The van der Waals surface area contributed by atoms with Gasteiger partial charge in [0.25, 0.3) is 5.91 Å². The Hall–Kier alpha value is -1.63. The summed E-state index contributed by atoms with van der Waals surface area (Å²) in [5.41, 5.74) is 2.76. The molecule has 0 saturated carbocycles. The lowest BCUT2D eigenvalue weighted by atomic mass is 10.3. The molecule has 0 aliphatic heterocycles. The van der Waals surface area contributed by atoms with Crippen LogP contribution in [-0.4, -0.2) is 25.5 Å². The molecule has 0 aliphatic rings. The van der Waals surface area contributed by atoms with Gasteiger partial charge in [0.1, 0.15) is 5.69 Å². The number of nitrogens with zero attached hydrogens (tertiary/aromatic N) is 4. The first-order chi connectivity index (χ1) is 8.40. The van der Waals surface area contributed by atoms with Crippen LogP contribution >= 0.6 is 15.9 Å². The molecule has 7 heteroatoms. The van der Waals surface area contributed by atoms with Crippen molar-refractivity contribution in [2.24, 2.45) is 14.1 Å². The number of aryl methyl sites for hydroxylation is 4. The van der Waals surface area contributed by atoms with Crippen molar-refractivity contribution >= 4 is 27.5 Å². The van der Waals surface area contributed by atoms with Crippen LogP contribution in [-0.2, 0) is 14.1 Å². The molecule has 2 aromatic heterocycles. The van der Waals surface area contributed by atoms with Crippen LogP contribution in [0.4, 0.5) is 5.69 Å². The lowest BCUT2D eigenvalue weighted by Crippen LogP contribution is -2.16. The van der Waals surface area contributed by atoms with Crippen molar-refractivity contribution in [1.29, 1.82) is 0 Å². The van der Waals surface area contributed by atoms with Crippen molar-refractivity contribution in [1.82, 2.24) is 19.6 Å². The topological polar surface area (TPSA) is 64.7 Å². The quantitative estimate of drug-likeness (QED) is 0.919. The predicted octanol–water partition coefficient (Wildman–Crippen LogP) is 1.79. The average Bonchev–Trinajstić information content (AvgIpc) is 2.69. The van der Waals surface area contributed by atoms with Crippen molar-refractivity contribution in [2.45, 2.75) is 13.8 Å². The number of anilines is 1. The molecule has 2 aromatic rings. The summed E-state index contributed by atoms with van der Waals surface area (Å²) in [6, 6.07) is 0. The van der Waals surface area contributed by atoms with Crippen LogP contribution in [0.3, 0.4) is 0 Å². The zero-order valence-corrected chi connectivity index (χ0v) is 12.2. The summed E-state index contributed by atoms with van der Waals surface area (Å²) in [6.45, 7) is 3.69. The summed E-state index contributed by atoms with van der Waals surface area (Å²) >= 11 is 3.37. The molecule has 0 saturated heterocycles. The fourth-order valence-corrected chi connectivity index (χ4v) is 2.30. The molecular weight excluding hydrogens is 298 g/mol. The number of hydrogen-bond acceptors (Lipinski definition) is 3. The molecule has 0 aliphatic carbocycles. The van der Waals surface area contributed by atoms with Gasteiger partial charge in [-0.3, -0.25) is 14.2 Å². The Labute approximate surface area is 113 Å². The Bertz CT molecular complexity index is 613. The average molecular weight is 312 g/mol. The van der Waals surface area contributed by atoms with Gasteiger partial charge in [0, 0.05) is 20.3 Å². The highest BCUT2D eigenvalue weighted by Crippen LogP contribution is 2.22. The third kappa shape index (κ3) is 2.17. The van der Waals surface area contributed by atoms with Gasteiger partial charge in [-0.25, -0.2) is 0 Å². The van der Waals surface area contributed by atoms with E-state index in [9.17, 15) is 4.79 Å². The minimum absolute atomic E-state index is 0.207. The first-order valence-corrected chi connectivity index (χ1v) is 6.20. The number of aromatic nitrogens is 4. The number of carbonyl (C=O) groups is 1. The van der Waals surface area contributed by atoms with Gasteiger partial charge in [-0.2, -0.15) is 10.2 Å². The highest BCUT2D eigenvalue weighted by molar-refractivity contribution is 9.10. The van der Waals surface area contributed by atoms with E-state index in [4.69, 9.17) is 0 Å². The number of rotatable bonds is 2. The van der Waals surface area contributed by atoms with Crippen molar-refractivity contribution in [2.75, 3.05) is 5.32 Å². The summed E-state index contributed by atoms with van der Waals surface area (Å²) in [5.74, 6) is -0.207. The minimum atomic E-state index is -0.207. The van der Waals surface area contributed by atoms with Crippen LogP contribution in [0.15, 0.2) is 10.7 Å². The lowest BCUT2D eigenvalue weighted by Gasteiger charge is -2.04. The monoisotopic (exact) mass is 311 g/mol. The standard InChI is InChI=1S/C11H14BrN5O/c1-6-8(5-16(3)14-6)13-11(18)10-9(12)7(2)15-17(10)4/h5H,1-4H3,(H,13,18). The molecule has 1 amide bonds. The van der Waals surface area contributed by atoms with Crippen LogP contribution in [0.5, 0.6) is 0 Å². The normalized spacial score (nSPS) is 10.7. The van der Waals surface area contributed by atoms with Gasteiger partial charge < -0.3 is 5.32 Å². The molecule has 0 spiro atoms. The Kier molecular flexibility index (Phi) is 3.25. The zero-order valence-electron chi connectivity index (χ0n) is 10.7. The fourth-order valence-electron chi connectivity index (χ4n) is 1.78. The highest BCUT2D eigenvalue weighted by atomic mass is 79.9. The Morgan fingerprint density at radius 1 is 1.28 bits per heavy atom. The van der Waals surface area contributed by atoms with Crippen molar-refractivity contribution < 1.29 is 4.79 Å². The smallest absolute Gasteiger partial charge is 0.275 e. The van der Waals surface area contributed by atoms with E-state index in [-0.39, 0.29) is 5.91 Å². The maximum absolute atomic E-state index is 12.2. The number of amides is 1. The third-order valence-corrected chi connectivity index (χ3v) is 3.58. The second kappa shape index (κ2) is 4.56. The molecule has 0 bridgehead atoms. The maximum atomic E-state index is 12.2. The van der Waals surface area contributed by atoms with Gasteiger partial charge in [0.2, 0.25) is 0 Å². The van der Waals surface area contributed by atoms with Crippen LogP contribution in [0, 0.1) is 13.8 Å². The molecule has 1 N–H and O–H groups in total. The first kappa shape index (κ1) is 12.8. The number of carbonyl (C=O) groups excluding carboxylic acids is 1. The molecule has 0 aromatic carbocycles. The van der Waals surface area contributed by atoms with Gasteiger partial charge in [-0.1, -0.05) is 0 Å². The largest absolute Gasteiger partial charge is 0.318 e. The molecule has 0 fully saturated rings. The molecule has 18 heavy (non-hydrogen) atoms. The van der Waals surface area contributed by atoms with E-state index in [1.54, 1.807) is 22.6 Å². The Morgan fingerprint density at radius 3 is 2.39 bits per heavy atom. The molecule has 6 nitrogen and oxygen atoms in total. The summed E-state index contributed by atoms with van der Waals surface area (Å²) in [6.07, 6.45) is 1.77. The number of nitrogens with one attached hydrogen (secondary N) is 1. The third-order valence-electron chi connectivity index (χ3n) is 2.63.